The third kappa shape index (κ3) is 3.54. The van der Waals surface area contributed by atoms with Gasteiger partial charge < -0.3 is 14.6 Å². The zero-order valence-electron chi connectivity index (χ0n) is 12.8. The predicted octanol–water partition coefficient (Wildman–Crippen LogP) is 2.25. The molecule has 1 N–H and O–H groups in total. The normalized spacial score (nSPS) is 19.2. The van der Waals surface area contributed by atoms with Crippen LogP contribution in [0.3, 0.4) is 0 Å². The van der Waals surface area contributed by atoms with Gasteiger partial charge in [0.2, 0.25) is 0 Å². The molecule has 0 spiro atoms. The van der Waals surface area contributed by atoms with Crippen molar-refractivity contribution in [3.63, 3.8) is 0 Å². The molecule has 0 aliphatic carbocycles. The van der Waals surface area contributed by atoms with Crippen molar-refractivity contribution in [2.45, 2.75) is 25.5 Å². The summed E-state index contributed by atoms with van der Waals surface area (Å²) in [5.74, 6) is 1.47. The number of halogens is 1. The highest BCUT2D eigenvalue weighted by Gasteiger charge is 2.21. The molecule has 1 aliphatic heterocycles. The number of aromatic nitrogens is 2. The molecule has 1 aromatic heterocycles. The summed E-state index contributed by atoms with van der Waals surface area (Å²) >= 11 is 0. The van der Waals surface area contributed by atoms with E-state index in [4.69, 9.17) is 0 Å². The second-order valence-corrected chi connectivity index (χ2v) is 6.19. The first kappa shape index (κ1) is 15.2. The minimum atomic E-state index is -0.585. The summed E-state index contributed by atoms with van der Waals surface area (Å²) in [6.45, 7) is 2.49. The Bertz CT molecular complexity index is 611. The van der Waals surface area contributed by atoms with Gasteiger partial charge in [-0.1, -0.05) is 12.1 Å². The minimum Gasteiger partial charge on any atom is -0.387 e. The molecule has 22 heavy (non-hydrogen) atoms. The Hall–Kier alpha value is -1.72. The highest BCUT2D eigenvalue weighted by atomic mass is 19.1. The molecule has 0 saturated heterocycles. The molecule has 0 amide bonds. The summed E-state index contributed by atoms with van der Waals surface area (Å²) in [5, 5.41) is 10.3. The van der Waals surface area contributed by atoms with E-state index in [0.29, 0.717) is 12.5 Å². The van der Waals surface area contributed by atoms with E-state index in [0.717, 1.165) is 31.5 Å². The van der Waals surface area contributed by atoms with Crippen LogP contribution >= 0.6 is 0 Å². The Kier molecular flexibility index (Phi) is 4.55. The fourth-order valence-electron chi connectivity index (χ4n) is 3.19. The van der Waals surface area contributed by atoms with E-state index >= 15 is 0 Å². The number of nitrogens with zero attached hydrogens (tertiary/aromatic N) is 3. The monoisotopic (exact) mass is 303 g/mol. The average Bonchev–Trinajstić information content (AvgIpc) is 2.95. The fourth-order valence-corrected chi connectivity index (χ4v) is 3.19. The summed E-state index contributed by atoms with van der Waals surface area (Å²) in [5.41, 5.74) is 0.758. The molecule has 0 radical (unpaired) electrons. The van der Waals surface area contributed by atoms with Crippen LogP contribution in [0.25, 0.3) is 0 Å². The van der Waals surface area contributed by atoms with Crippen molar-refractivity contribution < 1.29 is 9.50 Å². The van der Waals surface area contributed by atoms with E-state index in [1.165, 1.54) is 18.0 Å². The zero-order chi connectivity index (χ0) is 15.5. The molecule has 2 aromatic rings. The molecule has 118 valence electrons. The number of aryl methyl sites for hydroxylation is 1. The lowest BCUT2D eigenvalue weighted by Crippen LogP contribution is -2.33. The van der Waals surface area contributed by atoms with Gasteiger partial charge in [0, 0.05) is 38.4 Å². The molecular formula is C17H22FN3O. The molecule has 1 aromatic carbocycles. The van der Waals surface area contributed by atoms with E-state index < -0.39 is 6.10 Å². The number of benzene rings is 1. The van der Waals surface area contributed by atoms with Crippen molar-refractivity contribution in [1.82, 2.24) is 14.5 Å². The second-order valence-electron chi connectivity index (χ2n) is 6.19. The molecule has 3 rings (SSSR count). The zero-order valence-corrected chi connectivity index (χ0v) is 12.8. The van der Waals surface area contributed by atoms with E-state index in [-0.39, 0.29) is 5.82 Å². The summed E-state index contributed by atoms with van der Waals surface area (Å²) < 4.78 is 15.1. The van der Waals surface area contributed by atoms with E-state index in [1.807, 2.05) is 19.4 Å². The lowest BCUT2D eigenvalue weighted by molar-refractivity contribution is 0.113. The maximum atomic E-state index is 12.9. The van der Waals surface area contributed by atoms with Gasteiger partial charge >= 0.3 is 0 Å². The predicted molar refractivity (Wildman–Crippen MR) is 82.9 cm³/mol. The second kappa shape index (κ2) is 6.58. The number of aliphatic hydroxyl groups is 1. The first-order valence-corrected chi connectivity index (χ1v) is 7.74. The summed E-state index contributed by atoms with van der Waals surface area (Å²) in [6.07, 6.45) is 5.47. The number of rotatable bonds is 5. The first-order valence-electron chi connectivity index (χ1n) is 7.74. The van der Waals surface area contributed by atoms with Gasteiger partial charge in [-0.25, -0.2) is 9.37 Å². The van der Waals surface area contributed by atoms with Crippen LogP contribution < -0.4 is 0 Å². The van der Waals surface area contributed by atoms with Gasteiger partial charge in [0.05, 0.1) is 6.10 Å². The van der Waals surface area contributed by atoms with Crippen molar-refractivity contribution in [3.05, 3.63) is 53.9 Å². The topological polar surface area (TPSA) is 41.3 Å². The van der Waals surface area contributed by atoms with Crippen LogP contribution in [-0.4, -0.2) is 39.7 Å². The third-order valence-electron chi connectivity index (χ3n) is 4.34. The Balaban J connectivity index is 1.52. The molecular weight excluding hydrogens is 281 g/mol. The number of hydrogen-bond donors (Lipinski definition) is 1. The highest BCUT2D eigenvalue weighted by molar-refractivity contribution is 5.18. The first-order chi connectivity index (χ1) is 10.6. The van der Waals surface area contributed by atoms with Gasteiger partial charge in [-0.3, -0.25) is 0 Å². The van der Waals surface area contributed by atoms with Crippen LogP contribution in [0.15, 0.2) is 36.7 Å². The minimum absolute atomic E-state index is 0.275. The van der Waals surface area contributed by atoms with Crippen molar-refractivity contribution in [1.29, 1.82) is 0 Å². The van der Waals surface area contributed by atoms with Gasteiger partial charge in [-0.2, -0.15) is 0 Å². The Morgan fingerprint density at radius 1 is 1.41 bits per heavy atom. The molecule has 1 aliphatic rings. The van der Waals surface area contributed by atoms with Crippen LogP contribution in [-0.2, 0) is 13.0 Å². The number of imidazole rings is 1. The molecule has 4 nitrogen and oxygen atoms in total. The van der Waals surface area contributed by atoms with Crippen LogP contribution in [0, 0.1) is 11.7 Å². The molecule has 2 heterocycles. The molecule has 0 saturated carbocycles. The van der Waals surface area contributed by atoms with Crippen LogP contribution in [0.2, 0.25) is 0 Å². The summed E-state index contributed by atoms with van der Waals surface area (Å²) in [7, 11) is 2.02. The molecule has 0 fully saturated rings. The largest absolute Gasteiger partial charge is 0.387 e. The van der Waals surface area contributed by atoms with Crippen LogP contribution in [0.5, 0.6) is 0 Å². The Morgan fingerprint density at radius 2 is 2.18 bits per heavy atom. The number of fused-ring (bicyclic) bond motifs is 1. The van der Waals surface area contributed by atoms with E-state index in [1.54, 1.807) is 12.1 Å². The van der Waals surface area contributed by atoms with Crippen molar-refractivity contribution in [2.75, 3.05) is 20.1 Å². The lowest BCUT2D eigenvalue weighted by Gasteiger charge is -2.29. The lowest BCUT2D eigenvalue weighted by atomic mass is 9.98. The van der Waals surface area contributed by atoms with Crippen LogP contribution in [0.1, 0.15) is 23.9 Å². The molecule has 0 unspecified atom stereocenters. The van der Waals surface area contributed by atoms with Crippen molar-refractivity contribution in [2.24, 2.45) is 5.92 Å². The van der Waals surface area contributed by atoms with Crippen LogP contribution in [0.4, 0.5) is 4.39 Å². The number of hydrogen-bond acceptors (Lipinski definition) is 3. The molecule has 0 bridgehead atoms. The maximum Gasteiger partial charge on any atom is 0.123 e. The molecule has 5 heteroatoms. The summed E-state index contributed by atoms with van der Waals surface area (Å²) in [6, 6.07) is 6.07. The van der Waals surface area contributed by atoms with Gasteiger partial charge in [-0.15, -0.1) is 0 Å². The summed E-state index contributed by atoms with van der Waals surface area (Å²) in [4.78, 5) is 6.50. The Morgan fingerprint density at radius 3 is 2.95 bits per heavy atom. The molecule has 2 atom stereocenters. The van der Waals surface area contributed by atoms with Gasteiger partial charge in [0.1, 0.15) is 11.6 Å². The highest BCUT2D eigenvalue weighted by Crippen LogP contribution is 2.21. The fraction of sp³-hybridized carbons (Fsp3) is 0.471. The van der Waals surface area contributed by atoms with Crippen molar-refractivity contribution >= 4 is 0 Å². The Labute approximate surface area is 130 Å². The van der Waals surface area contributed by atoms with E-state index in [9.17, 15) is 9.50 Å². The SMILES string of the molecule is CN(C[C@@H]1CCc2nccn2C1)C[C@H](O)c1ccc(F)cc1. The van der Waals surface area contributed by atoms with Gasteiger partial charge in [0.15, 0.2) is 0 Å². The smallest absolute Gasteiger partial charge is 0.123 e. The standard InChI is InChI=1S/C17H22FN3O/c1-20(12-16(22)14-3-5-15(18)6-4-14)10-13-2-7-17-19-8-9-21(17)11-13/h3-6,8-9,13,16,22H,2,7,10-12H2,1H3/t13-,16-/m0/s1. The number of likely N-dealkylation sites (N-methyl/N-ethyl adjacent to an activating group) is 1. The third-order valence-corrected chi connectivity index (χ3v) is 4.34. The van der Waals surface area contributed by atoms with E-state index in [2.05, 4.69) is 14.5 Å². The number of aliphatic hydroxyl groups excluding tert-OH is 1. The average molecular weight is 303 g/mol. The maximum absolute atomic E-state index is 12.9. The van der Waals surface area contributed by atoms with Gasteiger partial charge in [0.25, 0.3) is 0 Å². The van der Waals surface area contributed by atoms with Gasteiger partial charge in [-0.05, 0) is 37.1 Å². The quantitative estimate of drug-likeness (QED) is 0.921. The van der Waals surface area contributed by atoms with Crippen molar-refractivity contribution in [3.8, 4) is 0 Å².